The largest absolute Gasteiger partial charge is 0.493 e. The Morgan fingerprint density at radius 2 is 2.00 bits per heavy atom. The number of H-pyrrole nitrogens is 1. The molecule has 0 unspecified atom stereocenters. The molecule has 1 rings (SSSR count). The van der Waals surface area contributed by atoms with Crippen LogP contribution in [0.15, 0.2) is 4.79 Å². The Morgan fingerprint density at radius 1 is 1.44 bits per heavy atom. The van der Waals surface area contributed by atoms with E-state index in [4.69, 9.17) is 4.74 Å². The molecule has 0 saturated carbocycles. The lowest BCUT2D eigenvalue weighted by molar-refractivity contribution is 0.0107. The molecule has 1 aromatic heterocycles. The van der Waals surface area contributed by atoms with Gasteiger partial charge >= 0.3 is 0 Å². The topological polar surface area (TPSA) is 75.2 Å². The number of nitrogens with zero attached hydrogens (tertiary/aromatic N) is 1. The van der Waals surface area contributed by atoms with E-state index in [1.165, 1.54) is 7.11 Å². The molecule has 0 atom stereocenters. The van der Waals surface area contributed by atoms with Gasteiger partial charge in [0.05, 0.1) is 5.56 Å². The van der Waals surface area contributed by atoms with Gasteiger partial charge in [0, 0.05) is 7.11 Å². The summed E-state index contributed by atoms with van der Waals surface area (Å²) in [6, 6.07) is 0. The fraction of sp³-hybridized carbons (Fsp3) is 0.636. The normalized spacial score (nSPS) is 12.1. The van der Waals surface area contributed by atoms with E-state index in [-0.39, 0.29) is 17.4 Å². The van der Waals surface area contributed by atoms with Crippen molar-refractivity contribution in [3.63, 3.8) is 0 Å². The Kier molecular flexibility index (Phi) is 3.38. The zero-order valence-electron chi connectivity index (χ0n) is 10.3. The molecular weight excluding hydrogens is 208 g/mol. The third kappa shape index (κ3) is 2.24. The molecule has 0 radical (unpaired) electrons. The van der Waals surface area contributed by atoms with E-state index in [1.54, 1.807) is 13.8 Å². The van der Waals surface area contributed by atoms with Crippen molar-refractivity contribution in [3.8, 4) is 5.88 Å². The van der Waals surface area contributed by atoms with Gasteiger partial charge in [-0.15, -0.1) is 0 Å². The van der Waals surface area contributed by atoms with Gasteiger partial charge in [0.15, 0.2) is 0 Å². The number of ether oxygens (including phenoxy) is 1. The molecule has 0 saturated heterocycles. The van der Waals surface area contributed by atoms with Crippen LogP contribution in [0.25, 0.3) is 0 Å². The van der Waals surface area contributed by atoms with Crippen molar-refractivity contribution >= 4 is 0 Å². The molecule has 0 spiro atoms. The second-order valence-electron chi connectivity index (χ2n) is 4.52. The number of aromatic amines is 1. The molecule has 0 aromatic carbocycles. The summed E-state index contributed by atoms with van der Waals surface area (Å²) in [7, 11) is 1.52. The van der Waals surface area contributed by atoms with Crippen LogP contribution in [0, 0.1) is 0 Å². The van der Waals surface area contributed by atoms with Crippen LogP contribution in [0.2, 0.25) is 0 Å². The van der Waals surface area contributed by atoms with Crippen LogP contribution >= 0.6 is 0 Å². The molecule has 0 amide bonds. The lowest BCUT2D eigenvalue weighted by Crippen LogP contribution is -2.28. The SMILES string of the molecule is COC(C)(C)c1nc(O)c(C(C)C)c(=O)[nH]1. The minimum atomic E-state index is -0.730. The van der Waals surface area contributed by atoms with E-state index >= 15 is 0 Å². The Bertz CT molecular complexity index is 435. The van der Waals surface area contributed by atoms with E-state index in [9.17, 15) is 9.90 Å². The van der Waals surface area contributed by atoms with Crippen LogP contribution < -0.4 is 5.56 Å². The summed E-state index contributed by atoms with van der Waals surface area (Å²) in [5.74, 6) is 0.0248. The molecule has 90 valence electrons. The Hall–Kier alpha value is -1.36. The third-order valence-electron chi connectivity index (χ3n) is 2.59. The third-order valence-corrected chi connectivity index (χ3v) is 2.59. The lowest BCUT2D eigenvalue weighted by Gasteiger charge is -2.22. The van der Waals surface area contributed by atoms with Gasteiger partial charge in [0.25, 0.3) is 5.56 Å². The number of nitrogens with one attached hydrogen (secondary N) is 1. The van der Waals surface area contributed by atoms with Gasteiger partial charge in [-0.3, -0.25) is 4.79 Å². The summed E-state index contributed by atoms with van der Waals surface area (Å²) < 4.78 is 5.19. The summed E-state index contributed by atoms with van der Waals surface area (Å²) in [5, 5.41) is 9.71. The van der Waals surface area contributed by atoms with E-state index in [2.05, 4.69) is 9.97 Å². The quantitative estimate of drug-likeness (QED) is 0.818. The first-order valence-corrected chi connectivity index (χ1v) is 5.18. The van der Waals surface area contributed by atoms with Crippen molar-refractivity contribution in [1.82, 2.24) is 9.97 Å². The highest BCUT2D eigenvalue weighted by Gasteiger charge is 2.25. The van der Waals surface area contributed by atoms with E-state index in [1.807, 2.05) is 13.8 Å². The first-order chi connectivity index (χ1) is 7.29. The van der Waals surface area contributed by atoms with Gasteiger partial charge < -0.3 is 14.8 Å². The summed E-state index contributed by atoms with van der Waals surface area (Å²) in [6.45, 7) is 7.18. The Morgan fingerprint density at radius 3 is 2.38 bits per heavy atom. The first kappa shape index (κ1) is 12.7. The molecule has 5 heteroatoms. The molecule has 16 heavy (non-hydrogen) atoms. The van der Waals surface area contributed by atoms with E-state index < -0.39 is 5.60 Å². The summed E-state index contributed by atoms with van der Waals surface area (Å²) >= 11 is 0. The number of rotatable bonds is 3. The molecule has 0 aliphatic carbocycles. The smallest absolute Gasteiger partial charge is 0.258 e. The molecular formula is C11H18N2O3. The minimum Gasteiger partial charge on any atom is -0.493 e. The van der Waals surface area contributed by atoms with Crippen LogP contribution in [0.4, 0.5) is 0 Å². The lowest BCUT2D eigenvalue weighted by atomic mass is 10.1. The highest BCUT2D eigenvalue weighted by Crippen LogP contribution is 2.24. The maximum absolute atomic E-state index is 11.8. The predicted molar refractivity (Wildman–Crippen MR) is 60.6 cm³/mol. The van der Waals surface area contributed by atoms with Crippen LogP contribution in [0.3, 0.4) is 0 Å². The fourth-order valence-electron chi connectivity index (χ4n) is 1.37. The summed E-state index contributed by atoms with van der Waals surface area (Å²) in [6.07, 6.45) is 0. The van der Waals surface area contributed by atoms with Crippen LogP contribution in [-0.2, 0) is 10.3 Å². The van der Waals surface area contributed by atoms with Gasteiger partial charge in [-0.25, -0.2) is 0 Å². The van der Waals surface area contributed by atoms with Crippen LogP contribution in [-0.4, -0.2) is 22.2 Å². The van der Waals surface area contributed by atoms with Crippen molar-refractivity contribution in [2.75, 3.05) is 7.11 Å². The number of aromatic nitrogens is 2. The average molecular weight is 226 g/mol. The summed E-state index contributed by atoms with van der Waals surface area (Å²) in [4.78, 5) is 18.4. The molecule has 0 aliphatic heterocycles. The second-order valence-corrected chi connectivity index (χ2v) is 4.52. The van der Waals surface area contributed by atoms with Crippen molar-refractivity contribution in [1.29, 1.82) is 0 Å². The van der Waals surface area contributed by atoms with Crippen molar-refractivity contribution in [2.24, 2.45) is 0 Å². The monoisotopic (exact) mass is 226 g/mol. The molecule has 1 aromatic rings. The Balaban J connectivity index is 3.36. The Labute approximate surface area is 94.5 Å². The fourth-order valence-corrected chi connectivity index (χ4v) is 1.37. The highest BCUT2D eigenvalue weighted by atomic mass is 16.5. The standard InChI is InChI=1S/C11H18N2O3/c1-6(2)7-8(14)12-10(13-9(7)15)11(3,4)16-5/h6H,1-5H3,(H2,12,13,14,15). The van der Waals surface area contributed by atoms with Crippen LogP contribution in [0.1, 0.15) is 45.0 Å². The number of hydrogen-bond donors (Lipinski definition) is 2. The zero-order chi connectivity index (χ0) is 12.5. The van der Waals surface area contributed by atoms with Crippen molar-refractivity contribution in [2.45, 2.75) is 39.2 Å². The van der Waals surface area contributed by atoms with Gasteiger partial charge in [-0.05, 0) is 19.8 Å². The number of methoxy groups -OCH3 is 1. The molecule has 0 aliphatic rings. The van der Waals surface area contributed by atoms with Crippen molar-refractivity contribution in [3.05, 3.63) is 21.7 Å². The van der Waals surface area contributed by atoms with Crippen molar-refractivity contribution < 1.29 is 9.84 Å². The second kappa shape index (κ2) is 4.25. The number of hydrogen-bond acceptors (Lipinski definition) is 4. The first-order valence-electron chi connectivity index (χ1n) is 5.18. The summed E-state index contributed by atoms with van der Waals surface area (Å²) in [5.41, 5.74) is -0.745. The van der Waals surface area contributed by atoms with Gasteiger partial charge in [-0.2, -0.15) is 4.98 Å². The minimum absolute atomic E-state index is 0.0732. The maximum atomic E-state index is 11.8. The van der Waals surface area contributed by atoms with E-state index in [0.29, 0.717) is 11.4 Å². The molecule has 0 bridgehead atoms. The zero-order valence-corrected chi connectivity index (χ0v) is 10.3. The highest BCUT2D eigenvalue weighted by molar-refractivity contribution is 5.26. The van der Waals surface area contributed by atoms with Crippen LogP contribution in [0.5, 0.6) is 5.88 Å². The predicted octanol–water partition coefficient (Wildman–Crippen LogP) is 1.48. The van der Waals surface area contributed by atoms with Gasteiger partial charge in [0.2, 0.25) is 5.88 Å². The molecule has 1 heterocycles. The molecule has 2 N–H and O–H groups in total. The van der Waals surface area contributed by atoms with Gasteiger partial charge in [0.1, 0.15) is 11.4 Å². The molecule has 0 fully saturated rings. The van der Waals surface area contributed by atoms with Gasteiger partial charge in [-0.1, -0.05) is 13.8 Å². The average Bonchev–Trinajstić information content (AvgIpc) is 2.15. The van der Waals surface area contributed by atoms with E-state index in [0.717, 1.165) is 0 Å². The number of aromatic hydroxyl groups is 1. The maximum Gasteiger partial charge on any atom is 0.258 e. The molecule has 5 nitrogen and oxygen atoms in total.